The number of rotatable bonds is 23. The molecule has 8 aliphatic rings. The monoisotopic (exact) mass is 1620 g/mol. The van der Waals surface area contributed by atoms with Gasteiger partial charge in [0.1, 0.15) is 110 Å². The lowest BCUT2D eigenvalue weighted by Gasteiger charge is -2.35. The third kappa shape index (κ3) is 17.9. The van der Waals surface area contributed by atoms with Crippen molar-refractivity contribution < 1.29 is 86.5 Å². The van der Waals surface area contributed by atoms with Crippen molar-refractivity contribution in [2.75, 3.05) is 38.4 Å². The molecular weight excluding hydrogens is 1520 g/mol. The van der Waals surface area contributed by atoms with E-state index in [1.165, 1.54) is 30.4 Å². The number of likely N-dealkylation sites (tertiary alicyclic amines) is 2. The van der Waals surface area contributed by atoms with Crippen LogP contribution in [0.15, 0.2) is 72.8 Å². The van der Waals surface area contributed by atoms with Gasteiger partial charge in [0.15, 0.2) is 0 Å². The Labute approximate surface area is 676 Å². The van der Waals surface area contributed by atoms with Crippen molar-refractivity contribution in [2.45, 2.75) is 218 Å². The quantitative estimate of drug-likeness (QED) is 0.0276. The van der Waals surface area contributed by atoms with Crippen LogP contribution < -0.4 is 51.3 Å². The van der Waals surface area contributed by atoms with Crippen molar-refractivity contribution in [1.82, 2.24) is 51.0 Å². The van der Waals surface area contributed by atoms with Crippen LogP contribution in [0.1, 0.15) is 153 Å². The van der Waals surface area contributed by atoms with E-state index in [1.807, 2.05) is 55.4 Å². The van der Waals surface area contributed by atoms with Crippen molar-refractivity contribution in [2.24, 2.45) is 46.3 Å². The molecule has 14 rings (SSSR count). The largest absolute Gasteiger partial charge is 0.495 e. The molecule has 6 heterocycles. The van der Waals surface area contributed by atoms with Crippen LogP contribution in [0.4, 0.5) is 26.0 Å². The van der Waals surface area contributed by atoms with Crippen LogP contribution >= 0.6 is 23.2 Å². The van der Waals surface area contributed by atoms with Gasteiger partial charge in [0, 0.05) is 35.7 Å². The molecule has 6 aromatic rings. The van der Waals surface area contributed by atoms with E-state index in [9.17, 15) is 53.4 Å². The number of amides is 7. The van der Waals surface area contributed by atoms with Gasteiger partial charge < -0.3 is 80.2 Å². The van der Waals surface area contributed by atoms with Crippen LogP contribution in [0.5, 0.6) is 23.0 Å². The maximum atomic E-state index is 14.7. The van der Waals surface area contributed by atoms with Crippen LogP contribution in [0.2, 0.25) is 10.0 Å². The fourth-order valence-electron chi connectivity index (χ4n) is 16.9. The molecule has 2 unspecified atom stereocenters. The number of aromatic nitrogens is 4. The van der Waals surface area contributed by atoms with Gasteiger partial charge in [0.25, 0.3) is 0 Å². The molecule has 115 heavy (non-hydrogen) atoms. The van der Waals surface area contributed by atoms with Crippen molar-refractivity contribution in [1.29, 1.82) is 0 Å². The first-order valence-electron chi connectivity index (χ1n) is 39.3. The van der Waals surface area contributed by atoms with Gasteiger partial charge in [-0.25, -0.2) is 43.9 Å². The number of aliphatic carboxylic acids is 2. The van der Waals surface area contributed by atoms with Crippen molar-refractivity contribution in [3.8, 4) is 45.8 Å². The second-order valence-electron chi connectivity index (χ2n) is 35.0. The Bertz CT molecular complexity index is 4820. The van der Waals surface area contributed by atoms with E-state index in [0.29, 0.717) is 116 Å². The number of hydrogen-bond acceptors (Lipinski definition) is 21. The zero-order chi connectivity index (χ0) is 82.9. The summed E-state index contributed by atoms with van der Waals surface area (Å²) in [5.74, 6) is -0.759. The summed E-state index contributed by atoms with van der Waals surface area (Å²) in [5.41, 5.74) is 3.07. The second-order valence-corrected chi connectivity index (χ2v) is 35.7. The number of carbonyl (C=O) groups is 9. The van der Waals surface area contributed by atoms with Crippen molar-refractivity contribution >= 4 is 110 Å². The molecule has 9 N–H and O–H groups in total. The van der Waals surface area contributed by atoms with E-state index < -0.39 is 118 Å². The summed E-state index contributed by atoms with van der Waals surface area (Å²) in [6, 6.07) is 15.9. The maximum Gasteiger partial charge on any atom is 0.413 e. The lowest BCUT2D eigenvalue weighted by molar-refractivity contribution is -0.146. The Morgan fingerprint density at radius 3 is 1.30 bits per heavy atom. The molecule has 0 bridgehead atoms. The third-order valence-electron chi connectivity index (χ3n) is 23.4. The lowest BCUT2D eigenvalue weighted by atomic mass is 9.85. The number of carboxylic acids is 2. The minimum Gasteiger partial charge on any atom is -0.495 e. The van der Waals surface area contributed by atoms with Gasteiger partial charge in [-0.1, -0.05) is 104 Å². The summed E-state index contributed by atoms with van der Waals surface area (Å²) in [4.78, 5) is 143. The van der Waals surface area contributed by atoms with Crippen LogP contribution in [0, 0.1) is 46.3 Å². The van der Waals surface area contributed by atoms with Gasteiger partial charge in [-0.3, -0.25) is 24.5 Å². The molecule has 0 radical (unpaired) electrons. The molecule has 4 aromatic heterocycles. The summed E-state index contributed by atoms with van der Waals surface area (Å²) < 4.78 is 41.2. The molecular formula is C83H102Cl2N12O18. The molecule has 2 aliphatic heterocycles. The van der Waals surface area contributed by atoms with Gasteiger partial charge in [0.05, 0.1) is 61.1 Å². The fraction of sp³-hybridized carbons (Fsp3) is 0.554. The molecule has 2 saturated heterocycles. The highest BCUT2D eigenvalue weighted by Gasteiger charge is 2.63. The normalized spacial score (nSPS) is 26.6. The number of benzene rings is 2. The van der Waals surface area contributed by atoms with Crippen LogP contribution in [-0.2, 0) is 43.0 Å². The molecule has 32 heteroatoms. The standard InChI is InChI=1S/C44H55ClN6O10.C39H47ClN6O8/c1-9-24-20-44(24,39(54)55)50-37(52)30-18-26(21-51(30)38(53)36(42(2,3)4)49-40(56)60-25-16-22-15-23(22)17-25)59-32-19-29(47-35-27(32)13-14-31(58-8)34(35)45)28-11-10-12-33(46-28)48-41(57)61-43(5,6)7;1-6-21-17-39(21,36(49)50)45-34(47)27-15-23(18-46(27)35(48)33(38(2,3)4)44-37(51)54-22-13-19-12-20(19)14-22)53-29-16-26(25-8-7-9-30(41)42-25)43-32-24(29)10-11-28(52-5)31(32)40/h10-14,19,22-26,30,36H,9,15-18,20-21H2,1-8H3,(H,49,56)(H,50,52)(H,54,55)(H,46,48,57);7-11,16,19-23,27,33H,6,12-15,17-18H2,1-5H3,(H2,41,42)(H,44,51)(H,45,47)(H,49,50)/t22-,23+,24-,25?,26-,30+,36-,44-;19-,20+,21-,22?,23-,27+,33-,39-/m11/s1. The summed E-state index contributed by atoms with van der Waals surface area (Å²) >= 11 is 13.6. The van der Waals surface area contributed by atoms with Gasteiger partial charge in [-0.05, 0) is 167 Å². The van der Waals surface area contributed by atoms with Crippen molar-refractivity contribution in [3.63, 3.8) is 0 Å². The Morgan fingerprint density at radius 2 is 0.930 bits per heavy atom. The Hall–Kier alpha value is -10.2. The predicted octanol–water partition coefficient (Wildman–Crippen LogP) is 12.2. The zero-order valence-electron chi connectivity index (χ0n) is 66.9. The number of carboxylic acid groups (broad SMARTS) is 2. The summed E-state index contributed by atoms with van der Waals surface area (Å²) in [5, 5.41) is 35.6. The molecule has 7 amide bonds. The number of nitrogens with zero attached hydrogens (tertiary/aromatic N) is 6. The topological polar surface area (TPSA) is 403 Å². The zero-order valence-corrected chi connectivity index (χ0v) is 68.4. The number of methoxy groups -OCH3 is 2. The number of nitrogens with one attached hydrogen (secondary N) is 5. The van der Waals surface area contributed by atoms with E-state index in [0.717, 1.165) is 32.1 Å². The first kappa shape index (κ1) is 82.7. The third-order valence-corrected chi connectivity index (χ3v) is 24.2. The molecule has 16 atom stereocenters. The first-order valence-corrected chi connectivity index (χ1v) is 40.1. The van der Waals surface area contributed by atoms with E-state index in [4.69, 9.17) is 72.1 Å². The number of nitrogen functional groups attached to an aromatic ring is 1. The highest BCUT2D eigenvalue weighted by Crippen LogP contribution is 2.54. The Kier molecular flexibility index (Phi) is 23.1. The molecule has 30 nitrogen and oxygen atoms in total. The van der Waals surface area contributed by atoms with E-state index in [2.05, 4.69) is 36.6 Å². The lowest BCUT2D eigenvalue weighted by Crippen LogP contribution is -2.59. The molecule has 6 saturated carbocycles. The van der Waals surface area contributed by atoms with Gasteiger partial charge >= 0.3 is 30.2 Å². The average Bonchev–Trinajstić information content (AvgIpc) is 1.60. The number of pyridine rings is 4. The van der Waals surface area contributed by atoms with E-state index in [1.54, 1.807) is 93.6 Å². The Morgan fingerprint density at radius 1 is 0.522 bits per heavy atom. The Balaban J connectivity index is 0.000000202. The van der Waals surface area contributed by atoms with Crippen LogP contribution in [0.3, 0.4) is 0 Å². The minimum atomic E-state index is -1.45. The first-order chi connectivity index (χ1) is 54.3. The number of alkyl carbamates (subject to hydrolysis) is 2. The number of fused-ring (bicyclic) bond motifs is 4. The van der Waals surface area contributed by atoms with Crippen LogP contribution in [-0.4, -0.2) is 186 Å². The summed E-state index contributed by atoms with van der Waals surface area (Å²) in [7, 11) is 2.98. The number of carbonyl (C=O) groups excluding carboxylic acids is 7. The summed E-state index contributed by atoms with van der Waals surface area (Å²) in [6.07, 6.45) is 3.25. The molecule has 616 valence electrons. The SMILES string of the molecule is CC[C@@H]1C[C@]1(NC(=O)[C@@H]1C[C@@H](Oc2cc(-c3cccc(N)n3)nc3c(Cl)c(OC)ccc23)CN1C(=O)[C@@H](NC(=O)OC1C[C@@H]2C[C@@H]2C1)C(C)(C)C)C(=O)O.CC[C@@H]1C[C@]1(NC(=O)[C@@H]1C[C@@H](Oc2cc(-c3cccc(NC(=O)OC(C)(C)C)n3)nc3c(Cl)c(OC)ccc23)CN1C(=O)[C@@H](NC(=O)OC1C[C@@H]2C[C@@H]2C1)C(C)(C)C)C(=O)O. The second kappa shape index (κ2) is 32.1. The molecule has 2 aromatic carbocycles. The highest BCUT2D eigenvalue weighted by molar-refractivity contribution is 6.37. The van der Waals surface area contributed by atoms with Gasteiger partial charge in [0.2, 0.25) is 23.6 Å². The molecule has 6 aliphatic carbocycles. The molecule has 8 fully saturated rings. The van der Waals surface area contributed by atoms with E-state index in [-0.39, 0.29) is 72.3 Å². The smallest absolute Gasteiger partial charge is 0.413 e. The van der Waals surface area contributed by atoms with Gasteiger partial charge in [-0.15, -0.1) is 0 Å². The molecule has 0 spiro atoms. The minimum absolute atomic E-state index is 0.00714. The number of halogens is 2. The number of nitrogens with two attached hydrogens (primary N) is 1. The number of anilines is 2. The van der Waals surface area contributed by atoms with Gasteiger partial charge in [-0.2, -0.15) is 0 Å². The predicted molar refractivity (Wildman–Crippen MR) is 425 cm³/mol. The number of ether oxygens (including phenoxy) is 7. The average molecular weight is 1630 g/mol. The maximum absolute atomic E-state index is 14.7. The number of hydrogen-bond donors (Lipinski definition) is 8. The van der Waals surface area contributed by atoms with Crippen LogP contribution in [0.25, 0.3) is 44.6 Å². The fourth-order valence-corrected chi connectivity index (χ4v) is 17.5. The highest BCUT2D eigenvalue weighted by atomic mass is 35.5. The summed E-state index contributed by atoms with van der Waals surface area (Å²) in [6.45, 7) is 19.8. The van der Waals surface area contributed by atoms with Crippen molar-refractivity contribution in [3.05, 3.63) is 82.8 Å². The van der Waals surface area contributed by atoms with E-state index >= 15 is 0 Å².